The lowest BCUT2D eigenvalue weighted by atomic mass is 9.88. The van der Waals surface area contributed by atoms with Crippen LogP contribution in [0.2, 0.25) is 0 Å². The predicted molar refractivity (Wildman–Crippen MR) is 102 cm³/mol. The number of carbonyl (C=O) groups is 3. The van der Waals surface area contributed by atoms with Crippen LogP contribution in [0.5, 0.6) is 0 Å². The number of carboxylic acids is 1. The molecular weight excluding hydrogens is 418 g/mol. The number of hydrogen-bond acceptors (Lipinski definition) is 6. The molecule has 9 nitrogen and oxygen atoms in total. The first kappa shape index (κ1) is 23.4. The van der Waals surface area contributed by atoms with Crippen molar-refractivity contribution in [3.05, 3.63) is 75.3 Å². The minimum Gasteiger partial charge on any atom is -0.480 e. The first-order chi connectivity index (χ1) is 14.6. The number of rotatable bonds is 9. The Morgan fingerprint density at radius 2 is 1.81 bits per heavy atom. The maximum Gasteiger partial charge on any atom is 0.326 e. The van der Waals surface area contributed by atoms with Crippen LogP contribution in [-0.2, 0) is 14.3 Å². The highest BCUT2D eigenvalue weighted by atomic mass is 19.2. The molecule has 2 atom stereocenters. The number of nitro groups is 1. The van der Waals surface area contributed by atoms with Crippen LogP contribution in [0, 0.1) is 21.7 Å². The summed E-state index contributed by atoms with van der Waals surface area (Å²) in [4.78, 5) is 46.6. The van der Waals surface area contributed by atoms with Crippen molar-refractivity contribution in [1.82, 2.24) is 5.32 Å². The molecule has 0 fully saturated rings. The maximum absolute atomic E-state index is 13.9. The van der Waals surface area contributed by atoms with E-state index in [1.807, 2.05) is 0 Å². The molecular formula is C20H18F2N2O7. The highest BCUT2D eigenvalue weighted by molar-refractivity contribution is 5.97. The van der Waals surface area contributed by atoms with Gasteiger partial charge in [0.25, 0.3) is 11.6 Å². The average molecular weight is 436 g/mol. The molecule has 0 spiro atoms. The van der Waals surface area contributed by atoms with Gasteiger partial charge in [0.2, 0.25) is 0 Å². The number of carbonyl (C=O) groups excluding carboxylic acids is 2. The van der Waals surface area contributed by atoms with Crippen LogP contribution >= 0.6 is 0 Å². The van der Waals surface area contributed by atoms with Crippen molar-refractivity contribution in [1.29, 1.82) is 0 Å². The number of nitrogens with one attached hydrogen (secondary N) is 1. The van der Waals surface area contributed by atoms with Crippen molar-refractivity contribution in [2.24, 2.45) is 0 Å². The van der Waals surface area contributed by atoms with Crippen LogP contribution in [0.1, 0.15) is 35.2 Å². The number of benzene rings is 2. The maximum atomic E-state index is 13.9. The summed E-state index contributed by atoms with van der Waals surface area (Å²) in [5, 5.41) is 22.6. The van der Waals surface area contributed by atoms with Crippen LogP contribution in [-0.4, -0.2) is 40.5 Å². The summed E-state index contributed by atoms with van der Waals surface area (Å²) in [7, 11) is 0. The molecule has 0 bridgehead atoms. The van der Waals surface area contributed by atoms with E-state index in [9.17, 15) is 38.4 Å². The van der Waals surface area contributed by atoms with Crippen molar-refractivity contribution >= 4 is 23.5 Å². The van der Waals surface area contributed by atoms with E-state index >= 15 is 0 Å². The second-order valence-corrected chi connectivity index (χ2v) is 6.36. The van der Waals surface area contributed by atoms with Gasteiger partial charge in [-0.3, -0.25) is 19.7 Å². The van der Waals surface area contributed by atoms with Crippen molar-refractivity contribution in [3.63, 3.8) is 0 Å². The summed E-state index contributed by atoms with van der Waals surface area (Å²) in [6.45, 7) is 1.56. The van der Waals surface area contributed by atoms with Crippen LogP contribution in [0.3, 0.4) is 0 Å². The monoisotopic (exact) mass is 436 g/mol. The van der Waals surface area contributed by atoms with Crippen LogP contribution in [0.25, 0.3) is 0 Å². The molecule has 2 rings (SSSR count). The van der Waals surface area contributed by atoms with Gasteiger partial charge in [0, 0.05) is 18.1 Å². The molecule has 1 amide bonds. The summed E-state index contributed by atoms with van der Waals surface area (Å²) in [5.74, 6) is -7.50. The number of carboxylic acid groups (broad SMARTS) is 1. The molecule has 0 saturated heterocycles. The van der Waals surface area contributed by atoms with Gasteiger partial charge in [-0.25, -0.2) is 13.6 Å². The van der Waals surface area contributed by atoms with E-state index in [0.29, 0.717) is 0 Å². The van der Waals surface area contributed by atoms with Crippen molar-refractivity contribution < 1.29 is 37.9 Å². The third-order valence-electron chi connectivity index (χ3n) is 4.38. The fraction of sp³-hybridized carbons (Fsp3) is 0.250. The molecule has 2 aromatic rings. The first-order valence-corrected chi connectivity index (χ1v) is 9.03. The zero-order chi connectivity index (χ0) is 23.1. The Kier molecular flexibility index (Phi) is 7.72. The number of nitro benzene ring substituents is 1. The minimum absolute atomic E-state index is 0.0183. The van der Waals surface area contributed by atoms with E-state index in [-0.39, 0.29) is 17.9 Å². The summed E-state index contributed by atoms with van der Waals surface area (Å²) < 4.78 is 32.2. The molecule has 164 valence electrons. The van der Waals surface area contributed by atoms with Gasteiger partial charge in [-0.05, 0) is 24.6 Å². The van der Waals surface area contributed by atoms with E-state index in [0.717, 1.165) is 30.3 Å². The van der Waals surface area contributed by atoms with Gasteiger partial charge in [0.1, 0.15) is 6.04 Å². The number of non-ortho nitro benzene ring substituents is 1. The number of amides is 1. The third kappa shape index (κ3) is 5.81. The van der Waals surface area contributed by atoms with Crippen LogP contribution in [0.15, 0.2) is 42.5 Å². The lowest BCUT2D eigenvalue weighted by Crippen LogP contribution is -2.46. The zero-order valence-electron chi connectivity index (χ0n) is 16.2. The average Bonchev–Trinajstić information content (AvgIpc) is 2.72. The van der Waals surface area contributed by atoms with Gasteiger partial charge in [-0.15, -0.1) is 0 Å². The Labute approximate surface area is 174 Å². The van der Waals surface area contributed by atoms with Gasteiger partial charge in [-0.2, -0.15) is 0 Å². The Hall–Kier alpha value is -3.89. The number of esters is 1. The van der Waals surface area contributed by atoms with E-state index in [2.05, 4.69) is 5.32 Å². The Balaban J connectivity index is 2.41. The molecule has 11 heteroatoms. The SMILES string of the molecule is CCOC(=O)C[C@H](c1ccc([N+](=O)[O-])cc1)[C@@H](NC(=O)c1cccc(F)c1F)C(=O)O. The van der Waals surface area contributed by atoms with E-state index in [1.54, 1.807) is 6.92 Å². The standard InChI is InChI=1S/C20H18F2N2O7/c1-2-31-16(25)10-14(11-6-8-12(9-7-11)24(29)30)18(20(27)28)23-19(26)13-4-3-5-15(21)17(13)22/h3-9,14,18H,2,10H2,1H3,(H,23,26)(H,27,28)/t14-,18-/m1/s1. The molecule has 0 aromatic heterocycles. The fourth-order valence-electron chi connectivity index (χ4n) is 2.90. The van der Waals surface area contributed by atoms with Gasteiger partial charge in [0.15, 0.2) is 11.6 Å². The number of aliphatic carboxylic acids is 1. The second kappa shape index (κ2) is 10.2. The Morgan fingerprint density at radius 3 is 2.35 bits per heavy atom. The number of nitrogens with zero attached hydrogens (tertiary/aromatic N) is 1. The molecule has 0 unspecified atom stereocenters. The summed E-state index contributed by atoms with van der Waals surface area (Å²) in [5.41, 5.74) is -0.799. The summed E-state index contributed by atoms with van der Waals surface area (Å²) in [6, 6.07) is 5.80. The van der Waals surface area contributed by atoms with Gasteiger partial charge >= 0.3 is 11.9 Å². The Bertz CT molecular complexity index is 996. The van der Waals surface area contributed by atoms with Crippen LogP contribution < -0.4 is 5.32 Å². The third-order valence-corrected chi connectivity index (χ3v) is 4.38. The lowest BCUT2D eigenvalue weighted by molar-refractivity contribution is -0.384. The van der Waals surface area contributed by atoms with Gasteiger partial charge in [0.05, 0.1) is 23.5 Å². The number of halogens is 2. The summed E-state index contributed by atoms with van der Waals surface area (Å²) in [6.07, 6.45) is -0.492. The molecule has 0 aliphatic rings. The van der Waals surface area contributed by atoms with E-state index < -0.39 is 58.3 Å². The second-order valence-electron chi connectivity index (χ2n) is 6.36. The minimum atomic E-state index is -1.75. The van der Waals surface area contributed by atoms with E-state index in [1.165, 1.54) is 12.1 Å². The largest absolute Gasteiger partial charge is 0.480 e. The number of hydrogen-bond donors (Lipinski definition) is 2. The van der Waals surface area contributed by atoms with Gasteiger partial charge in [-0.1, -0.05) is 18.2 Å². The van der Waals surface area contributed by atoms with Crippen molar-refractivity contribution in [2.45, 2.75) is 25.3 Å². The smallest absolute Gasteiger partial charge is 0.326 e. The highest BCUT2D eigenvalue weighted by Crippen LogP contribution is 2.27. The highest BCUT2D eigenvalue weighted by Gasteiger charge is 2.34. The molecule has 0 heterocycles. The molecule has 2 N–H and O–H groups in total. The van der Waals surface area contributed by atoms with E-state index in [4.69, 9.17) is 4.74 Å². The molecule has 2 aromatic carbocycles. The first-order valence-electron chi connectivity index (χ1n) is 9.03. The molecule has 31 heavy (non-hydrogen) atoms. The normalized spacial score (nSPS) is 12.5. The molecule has 0 aliphatic heterocycles. The fourth-order valence-corrected chi connectivity index (χ4v) is 2.90. The van der Waals surface area contributed by atoms with Gasteiger partial charge < -0.3 is 15.2 Å². The quantitative estimate of drug-likeness (QED) is 0.350. The number of ether oxygens (including phenoxy) is 1. The van der Waals surface area contributed by atoms with Crippen molar-refractivity contribution in [2.75, 3.05) is 6.61 Å². The predicted octanol–water partition coefficient (Wildman–Crippen LogP) is 2.79. The van der Waals surface area contributed by atoms with Crippen LogP contribution in [0.4, 0.5) is 14.5 Å². The Morgan fingerprint density at radius 1 is 1.16 bits per heavy atom. The zero-order valence-corrected chi connectivity index (χ0v) is 16.2. The molecule has 0 aliphatic carbocycles. The lowest BCUT2D eigenvalue weighted by Gasteiger charge is -2.25. The molecule has 0 radical (unpaired) electrons. The molecule has 0 saturated carbocycles. The van der Waals surface area contributed by atoms with Crippen molar-refractivity contribution in [3.8, 4) is 0 Å². The topological polar surface area (TPSA) is 136 Å². The summed E-state index contributed by atoms with van der Waals surface area (Å²) >= 11 is 0.